The van der Waals surface area contributed by atoms with Crippen LogP contribution in [0.2, 0.25) is 0 Å². The average Bonchev–Trinajstić information content (AvgIpc) is 2.94. The van der Waals surface area contributed by atoms with Crippen LogP contribution in [0.4, 0.5) is 40.6 Å². The molecule has 3 aromatic rings. The Morgan fingerprint density at radius 3 is 2.32 bits per heavy atom. The summed E-state index contributed by atoms with van der Waals surface area (Å²) < 4.78 is 53.5. The number of alkyl halides is 4. The number of halogens is 4. The van der Waals surface area contributed by atoms with Crippen LogP contribution in [0.3, 0.4) is 0 Å². The Morgan fingerprint density at radius 2 is 1.61 bits per heavy atom. The predicted molar refractivity (Wildman–Crippen MR) is 144 cm³/mol. The molecule has 1 atom stereocenters. The van der Waals surface area contributed by atoms with E-state index >= 15 is 0 Å². The van der Waals surface area contributed by atoms with E-state index < -0.39 is 29.7 Å². The number of anilines is 4. The molecule has 1 aromatic heterocycles. The Morgan fingerprint density at radius 1 is 0.902 bits per heavy atom. The van der Waals surface area contributed by atoms with Crippen LogP contribution in [0.25, 0.3) is 0 Å². The number of hydrogen-bond donors (Lipinski definition) is 4. The number of nitrogens with zero attached hydrogens (tertiary/aromatic N) is 2. The second-order valence-corrected chi connectivity index (χ2v) is 8.64. The van der Waals surface area contributed by atoms with Gasteiger partial charge in [-0.15, -0.1) is 0 Å². The van der Waals surface area contributed by atoms with Crippen LogP contribution < -0.4 is 21.3 Å². The second kappa shape index (κ2) is 12.2. The van der Waals surface area contributed by atoms with Gasteiger partial charge in [0.2, 0.25) is 11.9 Å². The van der Waals surface area contributed by atoms with Crippen LogP contribution in [0, 0.1) is 0 Å². The Balaban J connectivity index is 1.39. The van der Waals surface area contributed by atoms with Crippen LogP contribution in [0.1, 0.15) is 22.3 Å². The van der Waals surface area contributed by atoms with Gasteiger partial charge in [-0.2, -0.15) is 13.2 Å². The summed E-state index contributed by atoms with van der Waals surface area (Å²) >= 11 is 0. The lowest BCUT2D eigenvalue weighted by molar-refractivity contribution is -0.137. The third-order valence-electron chi connectivity index (χ3n) is 5.65. The fraction of sp³-hybridized carbons (Fsp3) is 0.107. The molecule has 0 saturated carbocycles. The number of hydrogen-bond acceptors (Lipinski definition) is 6. The van der Waals surface area contributed by atoms with E-state index in [2.05, 4.69) is 37.8 Å². The smallest absolute Gasteiger partial charge is 0.324 e. The lowest BCUT2D eigenvalue weighted by atomic mass is 10.00. The van der Waals surface area contributed by atoms with Gasteiger partial charge in [0.05, 0.1) is 29.2 Å². The highest BCUT2D eigenvalue weighted by molar-refractivity contribution is 6.05. The number of carbonyl (C=O) groups excluding carboxylic acids is 3. The van der Waals surface area contributed by atoms with Crippen LogP contribution >= 0.6 is 0 Å². The highest BCUT2D eigenvalue weighted by Gasteiger charge is 2.31. The third kappa shape index (κ3) is 7.62. The van der Waals surface area contributed by atoms with Gasteiger partial charge in [0.15, 0.2) is 0 Å². The lowest BCUT2D eigenvalue weighted by Crippen LogP contribution is -2.28. The summed E-state index contributed by atoms with van der Waals surface area (Å²) in [6, 6.07) is 10.6. The van der Waals surface area contributed by atoms with Gasteiger partial charge in [0, 0.05) is 29.1 Å². The van der Waals surface area contributed by atoms with E-state index in [-0.39, 0.29) is 40.8 Å². The van der Waals surface area contributed by atoms with E-state index in [9.17, 15) is 31.9 Å². The van der Waals surface area contributed by atoms with Gasteiger partial charge in [0.1, 0.15) is 6.17 Å². The molecule has 0 radical (unpaired) electrons. The zero-order valence-electron chi connectivity index (χ0n) is 21.1. The minimum atomic E-state index is -4.62. The summed E-state index contributed by atoms with van der Waals surface area (Å²) in [7, 11) is 0. The maximum atomic E-state index is 14.6. The Kier molecular flexibility index (Phi) is 8.56. The number of amides is 3. The number of nitrogens with one attached hydrogen (secondary N) is 4. The molecule has 210 valence electrons. The zero-order valence-corrected chi connectivity index (χ0v) is 21.1. The number of allylic oxidation sites excluding steroid dienone is 2. The normalized spacial score (nSPS) is 14.7. The molecule has 3 amide bonds. The summed E-state index contributed by atoms with van der Waals surface area (Å²) in [5.74, 6) is -1.85. The number of rotatable bonds is 8. The van der Waals surface area contributed by atoms with Crippen LogP contribution in [0.5, 0.6) is 0 Å². The van der Waals surface area contributed by atoms with Gasteiger partial charge in [-0.05, 0) is 48.6 Å². The van der Waals surface area contributed by atoms with Crippen molar-refractivity contribution in [1.29, 1.82) is 0 Å². The molecule has 1 unspecified atom stereocenters. The van der Waals surface area contributed by atoms with Crippen LogP contribution in [0.15, 0.2) is 97.0 Å². The summed E-state index contributed by atoms with van der Waals surface area (Å²) in [5, 5.41) is 10.4. The minimum Gasteiger partial charge on any atom is -0.324 e. The van der Waals surface area contributed by atoms with Crippen molar-refractivity contribution < 1.29 is 31.9 Å². The Hall–Kier alpha value is -5.33. The molecule has 4 N–H and O–H groups in total. The Bertz CT molecular complexity index is 1550. The molecule has 13 heteroatoms. The molecule has 1 aliphatic rings. The number of aromatic nitrogens is 2. The van der Waals surface area contributed by atoms with Crippen molar-refractivity contribution in [2.45, 2.75) is 18.8 Å². The molecule has 2 aromatic carbocycles. The van der Waals surface area contributed by atoms with Gasteiger partial charge < -0.3 is 21.3 Å². The molecule has 0 fully saturated rings. The molecule has 41 heavy (non-hydrogen) atoms. The first-order valence-corrected chi connectivity index (χ1v) is 12.0. The van der Waals surface area contributed by atoms with Crippen molar-refractivity contribution in [2.75, 3.05) is 16.0 Å². The van der Waals surface area contributed by atoms with E-state index in [1.54, 1.807) is 24.3 Å². The van der Waals surface area contributed by atoms with Gasteiger partial charge in [-0.25, -0.2) is 14.4 Å². The summed E-state index contributed by atoms with van der Waals surface area (Å²) in [6.45, 7) is 3.39. The summed E-state index contributed by atoms with van der Waals surface area (Å²) in [5.41, 5.74) is -0.226. The molecule has 0 spiro atoms. The molecule has 1 heterocycles. The van der Waals surface area contributed by atoms with Crippen molar-refractivity contribution >= 4 is 40.7 Å². The van der Waals surface area contributed by atoms with Crippen molar-refractivity contribution in [3.05, 3.63) is 108 Å². The molecule has 0 aliphatic heterocycles. The minimum absolute atomic E-state index is 0.0637. The molecular formula is C28H22F4N6O3. The first-order valence-electron chi connectivity index (χ1n) is 12.0. The van der Waals surface area contributed by atoms with E-state index in [0.29, 0.717) is 17.4 Å². The van der Waals surface area contributed by atoms with Gasteiger partial charge >= 0.3 is 6.18 Å². The molecule has 1 aliphatic carbocycles. The van der Waals surface area contributed by atoms with Crippen molar-refractivity contribution in [3.63, 3.8) is 0 Å². The largest absolute Gasteiger partial charge is 0.416 e. The number of benzene rings is 2. The van der Waals surface area contributed by atoms with Gasteiger partial charge in [-0.1, -0.05) is 24.8 Å². The third-order valence-corrected chi connectivity index (χ3v) is 5.65. The number of carbonyl (C=O) groups is 3. The van der Waals surface area contributed by atoms with E-state index in [1.165, 1.54) is 24.5 Å². The quantitative estimate of drug-likeness (QED) is 0.217. The maximum Gasteiger partial charge on any atom is 0.416 e. The van der Waals surface area contributed by atoms with Crippen molar-refractivity contribution in [2.24, 2.45) is 0 Å². The first-order chi connectivity index (χ1) is 19.5. The van der Waals surface area contributed by atoms with Gasteiger partial charge in [-0.3, -0.25) is 14.4 Å². The average molecular weight is 567 g/mol. The summed E-state index contributed by atoms with van der Waals surface area (Å²) in [6.07, 6.45) is -0.376. The van der Waals surface area contributed by atoms with Crippen molar-refractivity contribution in [3.8, 4) is 0 Å². The molecule has 4 rings (SSSR count). The lowest BCUT2D eigenvalue weighted by Gasteiger charge is -2.18. The second-order valence-electron chi connectivity index (χ2n) is 8.64. The van der Waals surface area contributed by atoms with E-state index in [0.717, 1.165) is 24.3 Å². The monoisotopic (exact) mass is 566 g/mol. The summed E-state index contributed by atoms with van der Waals surface area (Å²) in [4.78, 5) is 45.0. The first kappa shape index (κ1) is 28.7. The SMILES string of the molecule is C=CC(=O)Nc1cccc(Nc2ncc(NC(=O)C3=CC(NC(=O)c4cccc(C(F)(F)F)c4)=CCC3F)cn2)c1. The van der Waals surface area contributed by atoms with Crippen LogP contribution in [-0.2, 0) is 15.8 Å². The fourth-order valence-corrected chi connectivity index (χ4v) is 3.67. The topological polar surface area (TPSA) is 125 Å². The molecule has 0 saturated heterocycles. The highest BCUT2D eigenvalue weighted by Crippen LogP contribution is 2.30. The van der Waals surface area contributed by atoms with E-state index in [4.69, 9.17) is 0 Å². The van der Waals surface area contributed by atoms with Crippen LogP contribution in [-0.4, -0.2) is 33.9 Å². The fourth-order valence-electron chi connectivity index (χ4n) is 3.67. The van der Waals surface area contributed by atoms with E-state index in [1.807, 2.05) is 0 Å². The zero-order chi connectivity index (χ0) is 29.6. The maximum absolute atomic E-state index is 14.6. The van der Waals surface area contributed by atoms with Crippen molar-refractivity contribution in [1.82, 2.24) is 15.3 Å². The van der Waals surface area contributed by atoms with Gasteiger partial charge in [0.25, 0.3) is 11.8 Å². The molecule has 0 bridgehead atoms. The molecule has 9 nitrogen and oxygen atoms in total. The highest BCUT2D eigenvalue weighted by atomic mass is 19.4. The standard InChI is InChI=1S/C28H22F4N6O3/c1-2-24(39)35-18-7-4-8-19(12-18)38-27-33-14-21(15-34-27)37-26(41)22-13-20(9-10-23(22)29)36-25(40)16-5-3-6-17(11-16)28(30,31)32/h2-9,11-15,23H,1,10H2,(H,35,39)(H,36,40)(H,37,41)(H,33,34,38). The Labute approximate surface area is 231 Å². The predicted octanol–water partition coefficient (Wildman–Crippen LogP) is 5.28. The molecular weight excluding hydrogens is 544 g/mol.